The van der Waals surface area contributed by atoms with Crippen LogP contribution in [0.1, 0.15) is 21.7 Å². The van der Waals surface area contributed by atoms with E-state index in [1.165, 1.54) is 24.0 Å². The number of furan rings is 1. The molecule has 0 bridgehead atoms. The SMILES string of the molecule is O=C(Nc1ccc(S(=O)(=O)NCc2ccco2)cc1)c1ccc(OCCc2ccccc2)cc1. The Morgan fingerprint density at radius 2 is 1.59 bits per heavy atom. The molecule has 1 amide bonds. The molecule has 0 saturated carbocycles. The Kier molecular flexibility index (Phi) is 7.41. The molecule has 174 valence electrons. The van der Waals surface area contributed by atoms with Gasteiger partial charge in [-0.2, -0.15) is 0 Å². The summed E-state index contributed by atoms with van der Waals surface area (Å²) >= 11 is 0. The van der Waals surface area contributed by atoms with E-state index >= 15 is 0 Å². The molecule has 1 aromatic heterocycles. The van der Waals surface area contributed by atoms with Crippen LogP contribution in [0, 0.1) is 0 Å². The summed E-state index contributed by atoms with van der Waals surface area (Å²) < 4.78 is 38.2. The molecule has 0 aliphatic rings. The largest absolute Gasteiger partial charge is 0.493 e. The first kappa shape index (κ1) is 23.3. The first-order valence-corrected chi connectivity index (χ1v) is 12.2. The Labute approximate surface area is 198 Å². The van der Waals surface area contributed by atoms with Crippen LogP contribution >= 0.6 is 0 Å². The van der Waals surface area contributed by atoms with Crippen molar-refractivity contribution in [2.24, 2.45) is 0 Å². The molecule has 0 aliphatic heterocycles. The van der Waals surface area contributed by atoms with Crippen molar-refractivity contribution in [1.82, 2.24) is 4.72 Å². The third kappa shape index (κ3) is 6.34. The van der Waals surface area contributed by atoms with E-state index in [2.05, 4.69) is 22.2 Å². The second kappa shape index (κ2) is 10.8. The zero-order valence-corrected chi connectivity index (χ0v) is 19.1. The number of ether oxygens (including phenoxy) is 1. The summed E-state index contributed by atoms with van der Waals surface area (Å²) in [6, 6.07) is 26.3. The molecule has 0 radical (unpaired) electrons. The number of hydrogen-bond acceptors (Lipinski definition) is 5. The number of sulfonamides is 1. The van der Waals surface area contributed by atoms with Gasteiger partial charge in [-0.05, 0) is 66.2 Å². The average molecular weight is 477 g/mol. The predicted molar refractivity (Wildman–Crippen MR) is 129 cm³/mol. The van der Waals surface area contributed by atoms with Crippen LogP contribution < -0.4 is 14.8 Å². The van der Waals surface area contributed by atoms with Crippen molar-refractivity contribution in [3.63, 3.8) is 0 Å². The Bertz CT molecular complexity index is 1300. The number of anilines is 1. The Morgan fingerprint density at radius 1 is 0.853 bits per heavy atom. The molecule has 4 aromatic rings. The van der Waals surface area contributed by atoms with E-state index in [0.29, 0.717) is 29.4 Å². The van der Waals surface area contributed by atoms with Crippen LogP contribution in [0.5, 0.6) is 5.75 Å². The van der Waals surface area contributed by atoms with Crippen LogP contribution in [0.2, 0.25) is 0 Å². The van der Waals surface area contributed by atoms with Crippen LogP contribution in [0.25, 0.3) is 0 Å². The van der Waals surface area contributed by atoms with Crippen molar-refractivity contribution in [3.05, 3.63) is 114 Å². The van der Waals surface area contributed by atoms with E-state index in [4.69, 9.17) is 9.15 Å². The number of carbonyl (C=O) groups excluding carboxylic acids is 1. The zero-order chi connectivity index (χ0) is 23.8. The van der Waals surface area contributed by atoms with Crippen molar-refractivity contribution in [2.45, 2.75) is 17.9 Å². The fourth-order valence-electron chi connectivity index (χ4n) is 3.22. The van der Waals surface area contributed by atoms with E-state index in [-0.39, 0.29) is 17.3 Å². The number of benzene rings is 3. The van der Waals surface area contributed by atoms with Gasteiger partial charge >= 0.3 is 0 Å². The van der Waals surface area contributed by atoms with Crippen molar-refractivity contribution < 1.29 is 22.4 Å². The van der Waals surface area contributed by atoms with E-state index in [1.807, 2.05) is 18.2 Å². The zero-order valence-electron chi connectivity index (χ0n) is 18.3. The molecule has 3 aromatic carbocycles. The summed E-state index contributed by atoms with van der Waals surface area (Å²) in [4.78, 5) is 12.6. The monoisotopic (exact) mass is 476 g/mol. The highest BCUT2D eigenvalue weighted by atomic mass is 32.2. The normalized spacial score (nSPS) is 11.2. The summed E-state index contributed by atoms with van der Waals surface area (Å²) in [5.74, 6) is 0.895. The minimum Gasteiger partial charge on any atom is -0.493 e. The molecule has 4 rings (SSSR count). The molecule has 0 atom stereocenters. The maximum absolute atomic E-state index is 12.5. The number of hydrogen-bond donors (Lipinski definition) is 2. The first-order chi connectivity index (χ1) is 16.5. The smallest absolute Gasteiger partial charge is 0.255 e. The number of amides is 1. The van der Waals surface area contributed by atoms with Crippen LogP contribution in [-0.4, -0.2) is 20.9 Å². The molecule has 34 heavy (non-hydrogen) atoms. The average Bonchev–Trinajstić information content (AvgIpc) is 3.38. The van der Waals surface area contributed by atoms with Gasteiger partial charge in [0.25, 0.3) is 5.91 Å². The third-order valence-electron chi connectivity index (χ3n) is 5.06. The van der Waals surface area contributed by atoms with Crippen LogP contribution in [-0.2, 0) is 23.0 Å². The molecule has 0 fully saturated rings. The van der Waals surface area contributed by atoms with E-state index in [0.717, 1.165) is 6.42 Å². The highest BCUT2D eigenvalue weighted by molar-refractivity contribution is 7.89. The number of rotatable bonds is 10. The van der Waals surface area contributed by atoms with Crippen molar-refractivity contribution >= 4 is 21.6 Å². The molecular formula is C26H24N2O5S. The van der Waals surface area contributed by atoms with Gasteiger partial charge in [0, 0.05) is 17.7 Å². The van der Waals surface area contributed by atoms with Crippen molar-refractivity contribution in [2.75, 3.05) is 11.9 Å². The second-order valence-corrected chi connectivity index (χ2v) is 9.26. The molecule has 0 aliphatic carbocycles. The summed E-state index contributed by atoms with van der Waals surface area (Å²) in [6.07, 6.45) is 2.28. The van der Waals surface area contributed by atoms with Crippen molar-refractivity contribution in [3.8, 4) is 5.75 Å². The number of carbonyl (C=O) groups is 1. The Hall–Kier alpha value is -3.88. The fourth-order valence-corrected chi connectivity index (χ4v) is 4.21. The minimum atomic E-state index is -3.70. The third-order valence-corrected chi connectivity index (χ3v) is 6.47. The highest BCUT2D eigenvalue weighted by Gasteiger charge is 2.15. The second-order valence-electron chi connectivity index (χ2n) is 7.49. The lowest BCUT2D eigenvalue weighted by atomic mass is 10.2. The summed E-state index contributed by atoms with van der Waals surface area (Å²) in [5.41, 5.74) is 2.15. The molecule has 0 spiro atoms. The van der Waals surface area contributed by atoms with Crippen molar-refractivity contribution in [1.29, 1.82) is 0 Å². The fraction of sp³-hybridized carbons (Fsp3) is 0.115. The maximum atomic E-state index is 12.5. The van der Waals surface area contributed by atoms with E-state index in [1.54, 1.807) is 48.5 Å². The van der Waals surface area contributed by atoms with Gasteiger partial charge in [0.05, 0.1) is 24.3 Å². The molecule has 2 N–H and O–H groups in total. The van der Waals surface area contributed by atoms with Gasteiger partial charge in [-0.3, -0.25) is 4.79 Å². The van der Waals surface area contributed by atoms with Gasteiger partial charge in [0.1, 0.15) is 11.5 Å². The molecule has 0 unspecified atom stereocenters. The minimum absolute atomic E-state index is 0.0553. The quantitative estimate of drug-likeness (QED) is 0.348. The summed E-state index contributed by atoms with van der Waals surface area (Å²) in [7, 11) is -3.70. The predicted octanol–water partition coefficient (Wildman–Crippen LogP) is 4.63. The summed E-state index contributed by atoms with van der Waals surface area (Å²) in [5, 5.41) is 2.77. The van der Waals surface area contributed by atoms with Crippen LogP contribution in [0.3, 0.4) is 0 Å². The van der Waals surface area contributed by atoms with Crippen LogP contribution in [0.4, 0.5) is 5.69 Å². The van der Waals surface area contributed by atoms with E-state index < -0.39 is 10.0 Å². The topological polar surface area (TPSA) is 97.6 Å². The maximum Gasteiger partial charge on any atom is 0.255 e. The lowest BCUT2D eigenvalue weighted by Gasteiger charge is -2.09. The Balaban J connectivity index is 1.29. The Morgan fingerprint density at radius 3 is 2.26 bits per heavy atom. The van der Waals surface area contributed by atoms with Gasteiger partial charge in [0.2, 0.25) is 10.0 Å². The molecule has 1 heterocycles. The van der Waals surface area contributed by atoms with Gasteiger partial charge in [-0.15, -0.1) is 0 Å². The highest BCUT2D eigenvalue weighted by Crippen LogP contribution is 2.17. The molecule has 8 heteroatoms. The lowest BCUT2D eigenvalue weighted by Crippen LogP contribution is -2.23. The van der Waals surface area contributed by atoms with Gasteiger partial charge in [0.15, 0.2) is 0 Å². The first-order valence-electron chi connectivity index (χ1n) is 10.7. The molecule has 0 saturated heterocycles. The van der Waals surface area contributed by atoms with Crippen LogP contribution in [0.15, 0.2) is 107 Å². The standard InChI is InChI=1S/C26H24N2O5S/c29-26(21-8-12-23(13-9-21)33-18-16-20-5-2-1-3-6-20)28-22-10-14-25(15-11-22)34(30,31)27-19-24-7-4-17-32-24/h1-15,17,27H,16,18-19H2,(H,28,29). The lowest BCUT2D eigenvalue weighted by molar-refractivity contribution is 0.102. The van der Waals surface area contributed by atoms with E-state index in [9.17, 15) is 13.2 Å². The van der Waals surface area contributed by atoms with Gasteiger partial charge in [-0.25, -0.2) is 13.1 Å². The van der Waals surface area contributed by atoms with Gasteiger partial charge < -0.3 is 14.5 Å². The molecular weight excluding hydrogens is 452 g/mol. The summed E-state index contributed by atoms with van der Waals surface area (Å²) in [6.45, 7) is 0.598. The van der Waals surface area contributed by atoms with Gasteiger partial charge in [-0.1, -0.05) is 30.3 Å². The molecule has 7 nitrogen and oxygen atoms in total. The number of nitrogens with one attached hydrogen (secondary N) is 2.